The van der Waals surface area contributed by atoms with Crippen LogP contribution >= 0.6 is 0 Å². The number of ketones is 1. The summed E-state index contributed by atoms with van der Waals surface area (Å²) in [5.74, 6) is -0.0291. The van der Waals surface area contributed by atoms with Gasteiger partial charge in [0.25, 0.3) is 0 Å². The standard InChI is InChI=1S/C12H18N2O/c1-11(2)7-12(3,8-14-4)5-9(6-13)10(11)15/h5,14H,7-8H2,1-4H3. The van der Waals surface area contributed by atoms with Crippen LogP contribution in [0.4, 0.5) is 0 Å². The van der Waals surface area contributed by atoms with Gasteiger partial charge >= 0.3 is 0 Å². The van der Waals surface area contributed by atoms with E-state index >= 15 is 0 Å². The third-order valence-electron chi connectivity index (χ3n) is 2.90. The molecule has 0 aromatic rings. The van der Waals surface area contributed by atoms with Gasteiger partial charge < -0.3 is 5.32 Å². The van der Waals surface area contributed by atoms with Gasteiger partial charge in [-0.2, -0.15) is 5.26 Å². The van der Waals surface area contributed by atoms with Gasteiger partial charge in [-0.15, -0.1) is 0 Å². The molecular weight excluding hydrogens is 188 g/mol. The highest BCUT2D eigenvalue weighted by atomic mass is 16.1. The molecular formula is C12H18N2O. The highest BCUT2D eigenvalue weighted by Gasteiger charge is 2.42. The van der Waals surface area contributed by atoms with Gasteiger partial charge in [-0.25, -0.2) is 0 Å². The fourth-order valence-corrected chi connectivity index (χ4v) is 2.52. The number of Topliss-reactive ketones (excluding diaryl/α,β-unsaturated/α-hetero) is 1. The predicted octanol–water partition coefficient (Wildman–Crippen LogP) is 1.66. The number of allylic oxidation sites excluding steroid dienone is 1. The van der Waals surface area contributed by atoms with Crippen molar-refractivity contribution in [3.8, 4) is 6.07 Å². The largest absolute Gasteiger partial charge is 0.319 e. The predicted molar refractivity (Wildman–Crippen MR) is 59.1 cm³/mol. The maximum Gasteiger partial charge on any atom is 0.178 e. The molecule has 0 radical (unpaired) electrons. The second-order valence-electron chi connectivity index (χ2n) is 5.24. The zero-order valence-electron chi connectivity index (χ0n) is 9.85. The lowest BCUT2D eigenvalue weighted by molar-refractivity contribution is -0.125. The maximum atomic E-state index is 11.9. The molecule has 0 heterocycles. The quantitative estimate of drug-likeness (QED) is 0.747. The van der Waals surface area contributed by atoms with Gasteiger partial charge in [0.2, 0.25) is 0 Å². The molecule has 0 bridgehead atoms. The average Bonchev–Trinajstić information content (AvgIpc) is 2.11. The van der Waals surface area contributed by atoms with Gasteiger partial charge in [-0.1, -0.05) is 26.8 Å². The van der Waals surface area contributed by atoms with Gasteiger partial charge in [0.1, 0.15) is 6.07 Å². The van der Waals surface area contributed by atoms with Crippen LogP contribution in [-0.4, -0.2) is 19.4 Å². The molecule has 1 atom stereocenters. The summed E-state index contributed by atoms with van der Waals surface area (Å²) >= 11 is 0. The van der Waals surface area contributed by atoms with Crippen molar-refractivity contribution in [2.75, 3.05) is 13.6 Å². The van der Waals surface area contributed by atoms with Crippen LogP contribution in [0, 0.1) is 22.2 Å². The van der Waals surface area contributed by atoms with Crippen molar-refractivity contribution in [2.45, 2.75) is 27.2 Å². The van der Waals surface area contributed by atoms with Crippen LogP contribution in [-0.2, 0) is 4.79 Å². The molecule has 15 heavy (non-hydrogen) atoms. The number of carbonyl (C=O) groups is 1. The van der Waals surface area contributed by atoms with Crippen LogP contribution < -0.4 is 5.32 Å². The van der Waals surface area contributed by atoms with Crippen LogP contribution in [0.2, 0.25) is 0 Å². The molecule has 0 spiro atoms. The van der Waals surface area contributed by atoms with Gasteiger partial charge in [-0.05, 0) is 13.5 Å². The molecule has 0 fully saturated rings. The molecule has 0 aromatic heterocycles. The smallest absolute Gasteiger partial charge is 0.178 e. The number of nitrogens with zero attached hydrogens (tertiary/aromatic N) is 1. The summed E-state index contributed by atoms with van der Waals surface area (Å²) in [6, 6.07) is 2.01. The molecule has 0 aromatic carbocycles. The third kappa shape index (κ3) is 2.27. The van der Waals surface area contributed by atoms with E-state index in [1.54, 1.807) is 0 Å². The summed E-state index contributed by atoms with van der Waals surface area (Å²) in [6.07, 6.45) is 2.60. The van der Waals surface area contributed by atoms with Crippen molar-refractivity contribution in [3.05, 3.63) is 11.6 Å². The maximum absolute atomic E-state index is 11.9. The number of carbonyl (C=O) groups excluding carboxylic acids is 1. The SMILES string of the molecule is CNCC1(C)C=C(C#N)C(=O)C(C)(C)C1. The van der Waals surface area contributed by atoms with E-state index in [-0.39, 0.29) is 11.2 Å². The Hall–Kier alpha value is -1.14. The molecule has 1 N–H and O–H groups in total. The molecule has 1 rings (SSSR count). The van der Waals surface area contributed by atoms with Crippen LogP contribution in [0.15, 0.2) is 11.6 Å². The first-order valence-corrected chi connectivity index (χ1v) is 5.17. The Kier molecular flexibility index (Phi) is 3.01. The summed E-state index contributed by atoms with van der Waals surface area (Å²) < 4.78 is 0. The molecule has 3 nitrogen and oxygen atoms in total. The number of rotatable bonds is 2. The molecule has 0 saturated heterocycles. The number of nitriles is 1. The Morgan fingerprint density at radius 3 is 2.60 bits per heavy atom. The summed E-state index contributed by atoms with van der Waals surface area (Å²) in [4.78, 5) is 11.9. The normalized spacial score (nSPS) is 29.5. The Labute approximate surface area is 91.2 Å². The van der Waals surface area contributed by atoms with Crippen molar-refractivity contribution < 1.29 is 4.79 Å². The number of hydrogen-bond acceptors (Lipinski definition) is 3. The molecule has 0 aliphatic heterocycles. The van der Waals surface area contributed by atoms with E-state index in [0.29, 0.717) is 5.57 Å². The number of hydrogen-bond donors (Lipinski definition) is 1. The van der Waals surface area contributed by atoms with Gasteiger partial charge in [0.05, 0.1) is 5.57 Å². The lowest BCUT2D eigenvalue weighted by Gasteiger charge is -2.38. The van der Waals surface area contributed by atoms with Crippen molar-refractivity contribution in [1.29, 1.82) is 5.26 Å². The summed E-state index contributed by atoms with van der Waals surface area (Å²) in [5.41, 5.74) is -0.216. The first kappa shape index (κ1) is 11.9. The minimum Gasteiger partial charge on any atom is -0.319 e. The molecule has 1 unspecified atom stereocenters. The lowest BCUT2D eigenvalue weighted by Crippen LogP contribution is -2.41. The Morgan fingerprint density at radius 2 is 2.13 bits per heavy atom. The lowest BCUT2D eigenvalue weighted by atomic mass is 9.65. The molecule has 82 valence electrons. The Balaban J connectivity index is 3.13. The molecule has 1 aliphatic carbocycles. The van der Waals surface area contributed by atoms with Gasteiger partial charge in [-0.3, -0.25) is 4.79 Å². The van der Waals surface area contributed by atoms with Crippen molar-refractivity contribution in [2.24, 2.45) is 10.8 Å². The summed E-state index contributed by atoms with van der Waals surface area (Å²) in [5, 5.41) is 12.0. The third-order valence-corrected chi connectivity index (χ3v) is 2.90. The van der Waals surface area contributed by atoms with E-state index in [9.17, 15) is 4.79 Å². The average molecular weight is 206 g/mol. The second-order valence-corrected chi connectivity index (χ2v) is 5.24. The fraction of sp³-hybridized carbons (Fsp3) is 0.667. The first-order chi connectivity index (χ1) is 6.84. The van der Waals surface area contributed by atoms with E-state index < -0.39 is 5.41 Å². The van der Waals surface area contributed by atoms with E-state index in [1.165, 1.54) is 0 Å². The highest BCUT2D eigenvalue weighted by molar-refractivity contribution is 6.03. The van der Waals surface area contributed by atoms with E-state index in [0.717, 1.165) is 13.0 Å². The van der Waals surface area contributed by atoms with E-state index in [4.69, 9.17) is 5.26 Å². The zero-order chi connectivity index (χ0) is 11.7. The first-order valence-electron chi connectivity index (χ1n) is 5.17. The fourth-order valence-electron chi connectivity index (χ4n) is 2.52. The van der Waals surface area contributed by atoms with Crippen LogP contribution in [0.5, 0.6) is 0 Å². The van der Waals surface area contributed by atoms with E-state index in [2.05, 4.69) is 12.2 Å². The van der Waals surface area contributed by atoms with E-state index in [1.807, 2.05) is 33.0 Å². The van der Waals surface area contributed by atoms with Crippen LogP contribution in [0.1, 0.15) is 27.2 Å². The van der Waals surface area contributed by atoms with Crippen LogP contribution in [0.3, 0.4) is 0 Å². The topological polar surface area (TPSA) is 52.9 Å². The molecule has 0 saturated carbocycles. The van der Waals surface area contributed by atoms with Crippen molar-refractivity contribution in [3.63, 3.8) is 0 Å². The minimum atomic E-state index is -0.425. The summed E-state index contributed by atoms with van der Waals surface area (Å²) in [7, 11) is 1.88. The zero-order valence-corrected chi connectivity index (χ0v) is 9.85. The Bertz CT molecular complexity index is 349. The summed E-state index contributed by atoms with van der Waals surface area (Å²) in [6.45, 7) is 6.69. The van der Waals surface area contributed by atoms with Crippen molar-refractivity contribution in [1.82, 2.24) is 5.32 Å². The van der Waals surface area contributed by atoms with Gasteiger partial charge in [0.15, 0.2) is 5.78 Å². The molecule has 1 aliphatic rings. The minimum absolute atomic E-state index is 0.0291. The monoisotopic (exact) mass is 206 g/mol. The Morgan fingerprint density at radius 1 is 1.53 bits per heavy atom. The molecule has 3 heteroatoms. The van der Waals surface area contributed by atoms with Gasteiger partial charge in [0, 0.05) is 17.4 Å². The number of nitrogens with one attached hydrogen (secondary N) is 1. The highest BCUT2D eigenvalue weighted by Crippen LogP contribution is 2.41. The second kappa shape index (κ2) is 3.79. The van der Waals surface area contributed by atoms with Crippen LogP contribution in [0.25, 0.3) is 0 Å². The van der Waals surface area contributed by atoms with Crippen molar-refractivity contribution >= 4 is 5.78 Å². The molecule has 0 amide bonds.